The zero-order chi connectivity index (χ0) is 15.8. The molecule has 0 unspecified atom stereocenters. The quantitative estimate of drug-likeness (QED) is 0.635. The molecule has 0 saturated carbocycles. The zero-order valence-electron chi connectivity index (χ0n) is 13.2. The Hall–Kier alpha value is -2.08. The first-order chi connectivity index (χ1) is 10.7. The average molecular weight is 318 g/mol. The summed E-state index contributed by atoms with van der Waals surface area (Å²) in [5.74, 6) is 1.40. The van der Waals surface area contributed by atoms with Crippen LogP contribution in [0.15, 0.2) is 35.3 Å². The number of aliphatic imine (C=N–C) groups is 1. The Morgan fingerprint density at radius 3 is 2.82 bits per heavy atom. The van der Waals surface area contributed by atoms with Crippen LogP contribution >= 0.6 is 11.3 Å². The molecule has 0 aromatic carbocycles. The number of methoxy groups -OCH3 is 1. The molecule has 0 amide bonds. The molecule has 2 rings (SSSR count). The lowest BCUT2D eigenvalue weighted by atomic mass is 10.3. The molecule has 0 spiro atoms. The summed E-state index contributed by atoms with van der Waals surface area (Å²) >= 11 is 1.79. The number of pyridine rings is 1. The van der Waals surface area contributed by atoms with Crippen LogP contribution in [0.3, 0.4) is 0 Å². The molecule has 22 heavy (non-hydrogen) atoms. The highest BCUT2D eigenvalue weighted by atomic mass is 32.1. The molecule has 0 fully saturated rings. The Balaban J connectivity index is 1.96. The molecule has 0 saturated heterocycles. The number of hydrogen-bond acceptors (Lipinski definition) is 4. The van der Waals surface area contributed by atoms with E-state index in [-0.39, 0.29) is 0 Å². The first-order valence-electron chi connectivity index (χ1n) is 7.28. The first-order valence-corrected chi connectivity index (χ1v) is 8.10. The molecular weight excluding hydrogens is 296 g/mol. The molecule has 2 N–H and O–H groups in total. The summed E-state index contributed by atoms with van der Waals surface area (Å²) in [5, 5.41) is 6.58. The Morgan fingerprint density at radius 1 is 1.27 bits per heavy atom. The van der Waals surface area contributed by atoms with Crippen LogP contribution in [0.5, 0.6) is 5.88 Å². The monoisotopic (exact) mass is 318 g/mol. The first kappa shape index (κ1) is 16.3. The standard InChI is InChI=1S/C16H22N4OS/c1-4-17-16(19-11-14-9-8-12(2)22-14)18-10-13-6-5-7-15(20-13)21-3/h5-9H,4,10-11H2,1-3H3,(H2,17,18,19). The van der Waals surface area contributed by atoms with Crippen molar-refractivity contribution in [2.45, 2.75) is 26.9 Å². The SMILES string of the molecule is CCNC(=NCc1cccc(OC)n1)NCc1ccc(C)s1. The number of rotatable bonds is 6. The molecule has 6 heteroatoms. The van der Waals surface area contributed by atoms with E-state index in [4.69, 9.17) is 4.74 Å². The van der Waals surface area contributed by atoms with Gasteiger partial charge in [-0.3, -0.25) is 0 Å². The normalized spacial score (nSPS) is 11.3. The van der Waals surface area contributed by atoms with Gasteiger partial charge < -0.3 is 15.4 Å². The number of ether oxygens (including phenoxy) is 1. The fourth-order valence-corrected chi connectivity index (χ4v) is 2.74. The van der Waals surface area contributed by atoms with Crippen molar-refractivity contribution < 1.29 is 4.74 Å². The van der Waals surface area contributed by atoms with Crippen LogP contribution in [0.2, 0.25) is 0 Å². The van der Waals surface area contributed by atoms with Gasteiger partial charge in [0, 0.05) is 22.4 Å². The second-order valence-electron chi connectivity index (χ2n) is 4.73. The number of nitrogens with one attached hydrogen (secondary N) is 2. The largest absolute Gasteiger partial charge is 0.481 e. The number of hydrogen-bond donors (Lipinski definition) is 2. The van der Waals surface area contributed by atoms with Gasteiger partial charge in [-0.2, -0.15) is 0 Å². The highest BCUT2D eigenvalue weighted by molar-refractivity contribution is 7.11. The van der Waals surface area contributed by atoms with Crippen molar-refractivity contribution in [3.8, 4) is 5.88 Å². The molecule has 118 valence electrons. The van der Waals surface area contributed by atoms with Crippen molar-refractivity contribution in [2.75, 3.05) is 13.7 Å². The van der Waals surface area contributed by atoms with E-state index in [1.807, 2.05) is 18.2 Å². The molecule has 0 aliphatic rings. The van der Waals surface area contributed by atoms with Crippen LogP contribution in [0, 0.1) is 6.92 Å². The van der Waals surface area contributed by atoms with Crippen molar-refractivity contribution >= 4 is 17.3 Å². The Morgan fingerprint density at radius 2 is 2.14 bits per heavy atom. The van der Waals surface area contributed by atoms with Crippen molar-refractivity contribution in [1.29, 1.82) is 0 Å². The van der Waals surface area contributed by atoms with Crippen molar-refractivity contribution in [1.82, 2.24) is 15.6 Å². The second-order valence-corrected chi connectivity index (χ2v) is 6.10. The van der Waals surface area contributed by atoms with Gasteiger partial charge in [0.15, 0.2) is 5.96 Å². The van der Waals surface area contributed by atoms with Crippen molar-refractivity contribution in [3.63, 3.8) is 0 Å². The molecule has 0 bridgehead atoms. The topological polar surface area (TPSA) is 58.5 Å². The lowest BCUT2D eigenvalue weighted by Crippen LogP contribution is -2.36. The zero-order valence-corrected chi connectivity index (χ0v) is 14.0. The summed E-state index contributed by atoms with van der Waals surface area (Å²) in [6.07, 6.45) is 0. The molecule has 5 nitrogen and oxygen atoms in total. The third kappa shape index (κ3) is 5.04. The molecule has 0 atom stereocenters. The molecule has 2 aromatic heterocycles. The Bertz CT molecular complexity index is 624. The van der Waals surface area contributed by atoms with Crippen LogP contribution in [0.4, 0.5) is 0 Å². The van der Waals surface area contributed by atoms with Crippen molar-refractivity contribution in [2.24, 2.45) is 4.99 Å². The minimum Gasteiger partial charge on any atom is -0.481 e. The summed E-state index contributed by atoms with van der Waals surface area (Å²) in [6, 6.07) is 9.96. The fraction of sp³-hybridized carbons (Fsp3) is 0.375. The van der Waals surface area contributed by atoms with Crippen LogP contribution in [0.25, 0.3) is 0 Å². The van der Waals surface area contributed by atoms with Crippen LogP contribution in [-0.4, -0.2) is 24.6 Å². The van der Waals surface area contributed by atoms with E-state index >= 15 is 0 Å². The van der Waals surface area contributed by atoms with Gasteiger partial charge in [-0.15, -0.1) is 11.3 Å². The minimum absolute atomic E-state index is 0.510. The lowest BCUT2D eigenvalue weighted by Gasteiger charge is -2.10. The van der Waals surface area contributed by atoms with E-state index in [9.17, 15) is 0 Å². The van der Waals surface area contributed by atoms with E-state index in [1.54, 1.807) is 18.4 Å². The van der Waals surface area contributed by atoms with Gasteiger partial charge in [0.25, 0.3) is 0 Å². The van der Waals surface area contributed by atoms with E-state index in [2.05, 4.69) is 46.6 Å². The van der Waals surface area contributed by atoms with Gasteiger partial charge in [-0.1, -0.05) is 6.07 Å². The molecule has 0 aliphatic carbocycles. The minimum atomic E-state index is 0.510. The van der Waals surface area contributed by atoms with Gasteiger partial charge in [0.2, 0.25) is 5.88 Å². The van der Waals surface area contributed by atoms with Crippen molar-refractivity contribution in [3.05, 3.63) is 45.8 Å². The molecule has 2 heterocycles. The highest BCUT2D eigenvalue weighted by Crippen LogP contribution is 2.14. The number of guanidine groups is 1. The van der Waals surface area contributed by atoms with Gasteiger partial charge in [-0.25, -0.2) is 9.98 Å². The Labute approximate surface area is 135 Å². The maximum atomic E-state index is 5.13. The van der Waals surface area contributed by atoms with Gasteiger partial charge in [0.1, 0.15) is 0 Å². The number of nitrogens with zero attached hydrogens (tertiary/aromatic N) is 2. The van der Waals surface area contributed by atoms with Crippen LogP contribution in [0.1, 0.15) is 22.4 Å². The van der Waals surface area contributed by atoms with E-state index in [0.29, 0.717) is 12.4 Å². The summed E-state index contributed by atoms with van der Waals surface area (Å²) in [4.78, 5) is 11.5. The number of aromatic nitrogens is 1. The van der Waals surface area contributed by atoms with Gasteiger partial charge in [-0.05, 0) is 32.0 Å². The molecule has 2 aromatic rings. The van der Waals surface area contributed by atoms with E-state index in [1.165, 1.54) is 9.75 Å². The molecule has 0 aliphatic heterocycles. The Kier molecular flexibility index (Phi) is 6.21. The predicted molar refractivity (Wildman–Crippen MR) is 91.5 cm³/mol. The summed E-state index contributed by atoms with van der Waals surface area (Å²) in [5.41, 5.74) is 0.878. The van der Waals surface area contributed by atoms with E-state index in [0.717, 1.165) is 24.7 Å². The van der Waals surface area contributed by atoms with Crippen LogP contribution in [-0.2, 0) is 13.1 Å². The lowest BCUT2D eigenvalue weighted by molar-refractivity contribution is 0.396. The highest BCUT2D eigenvalue weighted by Gasteiger charge is 2.01. The fourth-order valence-electron chi connectivity index (χ4n) is 1.91. The number of aryl methyl sites for hydroxylation is 1. The third-order valence-electron chi connectivity index (χ3n) is 2.96. The average Bonchev–Trinajstić information content (AvgIpc) is 2.96. The summed E-state index contributed by atoms with van der Waals surface area (Å²) in [7, 11) is 1.62. The molecular formula is C16H22N4OS. The predicted octanol–water partition coefficient (Wildman–Crippen LogP) is 2.72. The summed E-state index contributed by atoms with van der Waals surface area (Å²) < 4.78 is 5.13. The smallest absolute Gasteiger partial charge is 0.213 e. The third-order valence-corrected chi connectivity index (χ3v) is 3.96. The van der Waals surface area contributed by atoms with Gasteiger partial charge in [0.05, 0.1) is 25.9 Å². The molecule has 0 radical (unpaired) electrons. The second kappa shape index (κ2) is 8.38. The van der Waals surface area contributed by atoms with Gasteiger partial charge >= 0.3 is 0 Å². The number of thiophene rings is 1. The van der Waals surface area contributed by atoms with E-state index < -0.39 is 0 Å². The van der Waals surface area contributed by atoms with Crippen LogP contribution < -0.4 is 15.4 Å². The summed E-state index contributed by atoms with van der Waals surface area (Å²) in [6.45, 7) is 6.27. The maximum absolute atomic E-state index is 5.13. The maximum Gasteiger partial charge on any atom is 0.213 e.